The van der Waals surface area contributed by atoms with Gasteiger partial charge < -0.3 is 10.4 Å². The quantitative estimate of drug-likeness (QED) is 0.896. The van der Waals surface area contributed by atoms with Gasteiger partial charge in [-0.15, -0.1) is 0 Å². The Balaban J connectivity index is 1.97. The monoisotopic (exact) mass is 314 g/mol. The first-order valence-electron chi connectivity index (χ1n) is 7.07. The fourth-order valence-electron chi connectivity index (χ4n) is 2.62. The maximum atomic E-state index is 13.0. The predicted octanol–water partition coefficient (Wildman–Crippen LogP) is 1.94. The molecule has 2 rings (SSSR count). The third-order valence-corrected chi connectivity index (χ3v) is 4.11. The van der Waals surface area contributed by atoms with Gasteiger partial charge in [0, 0.05) is 31.6 Å². The van der Waals surface area contributed by atoms with E-state index >= 15 is 0 Å². The molecular formula is C15H20ClFN2O2. The third-order valence-electron chi connectivity index (χ3n) is 3.76. The summed E-state index contributed by atoms with van der Waals surface area (Å²) in [5.41, 5.74) is 0.866. The zero-order valence-corrected chi connectivity index (χ0v) is 12.7. The molecule has 0 aliphatic carbocycles. The van der Waals surface area contributed by atoms with Gasteiger partial charge in [-0.3, -0.25) is 9.69 Å². The minimum Gasteiger partial charge on any atom is -0.391 e. The second kappa shape index (κ2) is 7.20. The van der Waals surface area contributed by atoms with E-state index in [1.165, 1.54) is 19.1 Å². The van der Waals surface area contributed by atoms with Crippen LogP contribution in [-0.4, -0.2) is 41.1 Å². The molecule has 1 aliphatic heterocycles. The lowest BCUT2D eigenvalue weighted by molar-refractivity contribution is -0.120. The molecule has 0 spiro atoms. The van der Waals surface area contributed by atoms with E-state index in [1.54, 1.807) is 6.07 Å². The number of hydrogen-bond donors (Lipinski definition) is 2. The Morgan fingerprint density at radius 2 is 2.19 bits per heavy atom. The number of aliphatic hydroxyl groups excluding tert-OH is 1. The molecule has 116 valence electrons. The first-order chi connectivity index (χ1) is 9.95. The van der Waals surface area contributed by atoms with E-state index in [9.17, 15) is 14.3 Å². The molecule has 1 aliphatic rings. The van der Waals surface area contributed by atoms with Crippen LogP contribution in [0.15, 0.2) is 18.2 Å². The Hall–Kier alpha value is -1.17. The Labute approximate surface area is 128 Å². The molecule has 21 heavy (non-hydrogen) atoms. The Kier molecular flexibility index (Phi) is 5.56. The van der Waals surface area contributed by atoms with E-state index in [0.29, 0.717) is 31.0 Å². The lowest BCUT2D eigenvalue weighted by Crippen LogP contribution is -2.42. The van der Waals surface area contributed by atoms with E-state index in [2.05, 4.69) is 10.2 Å². The molecule has 0 unspecified atom stereocenters. The number of carbonyl (C=O) groups is 1. The van der Waals surface area contributed by atoms with Crippen LogP contribution < -0.4 is 5.32 Å². The molecule has 0 radical (unpaired) electrons. The number of hydrogen-bond acceptors (Lipinski definition) is 3. The van der Waals surface area contributed by atoms with E-state index in [0.717, 1.165) is 12.1 Å². The minimum atomic E-state index is -0.539. The van der Waals surface area contributed by atoms with Crippen molar-refractivity contribution < 1.29 is 14.3 Å². The van der Waals surface area contributed by atoms with E-state index in [1.807, 2.05) is 0 Å². The molecule has 1 heterocycles. The van der Waals surface area contributed by atoms with E-state index in [-0.39, 0.29) is 17.8 Å². The molecule has 1 aromatic rings. The highest BCUT2D eigenvalue weighted by molar-refractivity contribution is 6.31. The number of halogens is 2. The summed E-state index contributed by atoms with van der Waals surface area (Å²) in [5.74, 6) is -0.477. The van der Waals surface area contributed by atoms with Crippen molar-refractivity contribution in [3.8, 4) is 0 Å². The molecule has 4 nitrogen and oxygen atoms in total. The van der Waals surface area contributed by atoms with Crippen molar-refractivity contribution >= 4 is 17.5 Å². The fraction of sp³-hybridized carbons (Fsp3) is 0.533. The van der Waals surface area contributed by atoms with Crippen LogP contribution >= 0.6 is 11.6 Å². The largest absolute Gasteiger partial charge is 0.391 e. The van der Waals surface area contributed by atoms with Crippen molar-refractivity contribution in [2.75, 3.05) is 13.1 Å². The lowest BCUT2D eigenvalue weighted by Gasteiger charge is -2.21. The van der Waals surface area contributed by atoms with Crippen LogP contribution in [0.2, 0.25) is 5.02 Å². The van der Waals surface area contributed by atoms with E-state index < -0.39 is 6.10 Å². The number of aliphatic hydroxyl groups is 1. The average Bonchev–Trinajstić information content (AvgIpc) is 2.57. The molecule has 6 heteroatoms. The van der Waals surface area contributed by atoms with Crippen molar-refractivity contribution in [2.24, 2.45) is 0 Å². The summed E-state index contributed by atoms with van der Waals surface area (Å²) in [6.07, 6.45) is 0.728. The summed E-state index contributed by atoms with van der Waals surface area (Å²) in [6.45, 7) is 3.52. The van der Waals surface area contributed by atoms with Crippen LogP contribution in [0.1, 0.15) is 25.3 Å². The minimum absolute atomic E-state index is 0.130. The van der Waals surface area contributed by atoms with Gasteiger partial charge in [0.25, 0.3) is 0 Å². The SMILES string of the molecule is CC(=O)N[C@H]1CCN(Cc2ccc(F)cc2Cl)CC[C@@H]1O. The first-order valence-corrected chi connectivity index (χ1v) is 7.45. The van der Waals surface area contributed by atoms with Crippen LogP contribution in [0.5, 0.6) is 0 Å². The molecule has 1 aromatic carbocycles. The van der Waals surface area contributed by atoms with Crippen molar-refractivity contribution in [3.05, 3.63) is 34.6 Å². The zero-order valence-electron chi connectivity index (χ0n) is 12.0. The molecular weight excluding hydrogens is 295 g/mol. The second-order valence-corrected chi connectivity index (χ2v) is 5.87. The summed E-state index contributed by atoms with van der Waals surface area (Å²) in [6, 6.07) is 4.18. The van der Waals surface area contributed by atoms with Crippen molar-refractivity contribution in [3.63, 3.8) is 0 Å². The molecule has 2 atom stereocenters. The number of likely N-dealkylation sites (tertiary alicyclic amines) is 1. The van der Waals surface area contributed by atoms with Crippen LogP contribution in [-0.2, 0) is 11.3 Å². The van der Waals surface area contributed by atoms with Gasteiger partial charge in [-0.25, -0.2) is 4.39 Å². The fourth-order valence-corrected chi connectivity index (χ4v) is 2.85. The van der Waals surface area contributed by atoms with Crippen LogP contribution in [0.3, 0.4) is 0 Å². The van der Waals surface area contributed by atoms with E-state index in [4.69, 9.17) is 11.6 Å². The average molecular weight is 315 g/mol. The predicted molar refractivity (Wildman–Crippen MR) is 79.5 cm³/mol. The van der Waals surface area contributed by atoms with Gasteiger partial charge in [-0.2, -0.15) is 0 Å². The van der Waals surface area contributed by atoms with Gasteiger partial charge in [-0.1, -0.05) is 17.7 Å². The number of benzene rings is 1. The maximum Gasteiger partial charge on any atom is 0.217 e. The lowest BCUT2D eigenvalue weighted by atomic mass is 10.1. The van der Waals surface area contributed by atoms with Crippen molar-refractivity contribution in [2.45, 2.75) is 38.5 Å². The standard InChI is InChI=1S/C15H20ClFN2O2/c1-10(20)18-14-4-6-19(7-5-15(14)21)9-11-2-3-12(17)8-13(11)16/h2-3,8,14-15,21H,4-7,9H2,1H3,(H,18,20)/t14-,15-/m0/s1. The number of carbonyl (C=O) groups excluding carboxylic acids is 1. The Morgan fingerprint density at radius 3 is 2.86 bits per heavy atom. The smallest absolute Gasteiger partial charge is 0.217 e. The van der Waals surface area contributed by atoms with Crippen molar-refractivity contribution in [1.29, 1.82) is 0 Å². The number of rotatable bonds is 3. The third kappa shape index (κ3) is 4.66. The molecule has 1 amide bonds. The molecule has 2 N–H and O–H groups in total. The zero-order chi connectivity index (χ0) is 15.4. The number of nitrogens with zero attached hydrogens (tertiary/aromatic N) is 1. The highest BCUT2D eigenvalue weighted by Crippen LogP contribution is 2.21. The topological polar surface area (TPSA) is 52.6 Å². The van der Waals surface area contributed by atoms with Gasteiger partial charge in [0.05, 0.1) is 12.1 Å². The summed E-state index contributed by atoms with van der Waals surface area (Å²) < 4.78 is 13.0. The van der Waals surface area contributed by atoms with Gasteiger partial charge in [0.15, 0.2) is 0 Å². The Morgan fingerprint density at radius 1 is 1.48 bits per heavy atom. The summed E-state index contributed by atoms with van der Waals surface area (Å²) >= 11 is 6.04. The molecule has 0 saturated carbocycles. The molecule has 0 bridgehead atoms. The van der Waals surface area contributed by atoms with Gasteiger partial charge >= 0.3 is 0 Å². The second-order valence-electron chi connectivity index (χ2n) is 5.46. The molecule has 1 saturated heterocycles. The number of amides is 1. The maximum absolute atomic E-state index is 13.0. The molecule has 0 aromatic heterocycles. The first kappa shape index (κ1) is 16.2. The van der Waals surface area contributed by atoms with Gasteiger partial charge in [0.1, 0.15) is 5.82 Å². The highest BCUT2D eigenvalue weighted by atomic mass is 35.5. The molecule has 1 fully saturated rings. The normalized spacial score (nSPS) is 23.6. The summed E-state index contributed by atoms with van der Waals surface area (Å²) in [4.78, 5) is 13.3. The van der Waals surface area contributed by atoms with Crippen LogP contribution in [0.25, 0.3) is 0 Å². The van der Waals surface area contributed by atoms with Crippen LogP contribution in [0, 0.1) is 5.82 Å². The summed E-state index contributed by atoms with van der Waals surface area (Å²) in [7, 11) is 0. The Bertz CT molecular complexity index is 512. The summed E-state index contributed by atoms with van der Waals surface area (Å²) in [5, 5.41) is 13.3. The van der Waals surface area contributed by atoms with Gasteiger partial charge in [0.2, 0.25) is 5.91 Å². The highest BCUT2D eigenvalue weighted by Gasteiger charge is 2.25. The van der Waals surface area contributed by atoms with Crippen molar-refractivity contribution in [1.82, 2.24) is 10.2 Å². The number of nitrogens with one attached hydrogen (secondary N) is 1. The van der Waals surface area contributed by atoms with Crippen LogP contribution in [0.4, 0.5) is 4.39 Å². The van der Waals surface area contributed by atoms with Gasteiger partial charge in [-0.05, 0) is 30.5 Å².